The molecule has 0 atom stereocenters. The fourth-order valence-electron chi connectivity index (χ4n) is 4.13. The zero-order valence-corrected chi connectivity index (χ0v) is 16.0. The zero-order valence-electron chi connectivity index (χ0n) is 16.0. The summed E-state index contributed by atoms with van der Waals surface area (Å²) >= 11 is 0. The van der Waals surface area contributed by atoms with Gasteiger partial charge in [-0.05, 0) is 38.7 Å². The van der Waals surface area contributed by atoms with Gasteiger partial charge in [-0.15, -0.1) is 0 Å². The van der Waals surface area contributed by atoms with E-state index in [2.05, 4.69) is 15.4 Å². The van der Waals surface area contributed by atoms with Crippen LogP contribution in [0.25, 0.3) is 11.0 Å². The van der Waals surface area contributed by atoms with Gasteiger partial charge < -0.3 is 5.32 Å². The third-order valence-electron chi connectivity index (χ3n) is 5.71. The normalized spacial score (nSPS) is 19.0. The van der Waals surface area contributed by atoms with Crippen molar-refractivity contribution in [3.63, 3.8) is 0 Å². The fourth-order valence-corrected chi connectivity index (χ4v) is 4.13. The Bertz CT molecular complexity index is 878. The maximum atomic E-state index is 13.6. The summed E-state index contributed by atoms with van der Waals surface area (Å²) in [4.78, 5) is 17.0. The minimum atomic E-state index is -4.48. The Morgan fingerprint density at radius 3 is 2.46 bits per heavy atom. The fraction of sp³-hybridized carbons (Fsp3) is 0.650. The van der Waals surface area contributed by atoms with Gasteiger partial charge in [-0.2, -0.15) is 18.3 Å². The summed E-state index contributed by atoms with van der Waals surface area (Å²) < 4.78 is 42.2. The number of hydrogen-bond acceptors (Lipinski definition) is 3. The van der Waals surface area contributed by atoms with Crippen molar-refractivity contribution in [3.05, 3.63) is 23.0 Å². The van der Waals surface area contributed by atoms with Gasteiger partial charge in [0.05, 0.1) is 16.6 Å². The van der Waals surface area contributed by atoms with E-state index >= 15 is 0 Å². The van der Waals surface area contributed by atoms with Crippen LogP contribution in [0.3, 0.4) is 0 Å². The molecule has 0 aliphatic heterocycles. The first-order chi connectivity index (χ1) is 13.3. The van der Waals surface area contributed by atoms with E-state index in [1.807, 2.05) is 0 Å². The Kier molecular flexibility index (Phi) is 5.05. The highest BCUT2D eigenvalue weighted by molar-refractivity contribution is 5.85. The summed E-state index contributed by atoms with van der Waals surface area (Å²) in [6, 6.07) is 1.29. The molecule has 0 spiro atoms. The van der Waals surface area contributed by atoms with Crippen LogP contribution in [-0.4, -0.2) is 26.7 Å². The van der Waals surface area contributed by atoms with Crippen molar-refractivity contribution in [1.82, 2.24) is 20.1 Å². The molecule has 2 heterocycles. The molecule has 2 aliphatic carbocycles. The maximum absolute atomic E-state index is 13.6. The predicted octanol–water partition coefficient (Wildman–Crippen LogP) is 4.47. The second kappa shape index (κ2) is 7.37. The first-order valence-corrected chi connectivity index (χ1v) is 10.1. The molecule has 4 rings (SSSR count). The number of amides is 1. The summed E-state index contributed by atoms with van der Waals surface area (Å²) in [5.74, 6) is -0.141. The molecule has 0 aromatic carbocycles. The first-order valence-electron chi connectivity index (χ1n) is 10.1. The number of fused-ring (bicyclic) bond motifs is 1. The summed E-state index contributed by atoms with van der Waals surface area (Å²) in [5, 5.41) is 7.26. The molecule has 2 fully saturated rings. The highest BCUT2D eigenvalue weighted by Gasteiger charge is 2.37. The maximum Gasteiger partial charge on any atom is 0.417 e. The summed E-state index contributed by atoms with van der Waals surface area (Å²) in [5.41, 5.74) is 0.155. The standard InChI is InChI=1S/C20H25F3N4O/c1-12-18-15(20(21,22)23)10-16(13-8-9-13)25-19(18)27(26-12)11-17(28)24-14-6-4-2-3-5-7-14/h10,13-14H,2-9,11H2,1H3,(H,24,28). The number of carbonyl (C=O) groups excluding carboxylic acids is 1. The van der Waals surface area contributed by atoms with Crippen LogP contribution in [0.4, 0.5) is 13.2 Å². The number of nitrogens with one attached hydrogen (secondary N) is 1. The van der Waals surface area contributed by atoms with E-state index in [0.29, 0.717) is 5.69 Å². The molecule has 2 aromatic heterocycles. The number of hydrogen-bond donors (Lipinski definition) is 1. The van der Waals surface area contributed by atoms with Crippen LogP contribution < -0.4 is 5.32 Å². The van der Waals surface area contributed by atoms with Gasteiger partial charge in [-0.1, -0.05) is 25.7 Å². The summed E-state index contributed by atoms with van der Waals surface area (Å²) in [6.45, 7) is 1.43. The Morgan fingerprint density at radius 2 is 1.86 bits per heavy atom. The van der Waals surface area contributed by atoms with Gasteiger partial charge in [0.15, 0.2) is 5.65 Å². The van der Waals surface area contributed by atoms with Crippen molar-refractivity contribution < 1.29 is 18.0 Å². The van der Waals surface area contributed by atoms with Gasteiger partial charge in [0.2, 0.25) is 5.91 Å². The van der Waals surface area contributed by atoms with E-state index < -0.39 is 11.7 Å². The van der Waals surface area contributed by atoms with Crippen molar-refractivity contribution in [1.29, 1.82) is 0 Å². The number of alkyl halides is 3. The van der Waals surface area contributed by atoms with Crippen molar-refractivity contribution in [3.8, 4) is 0 Å². The largest absolute Gasteiger partial charge is 0.417 e. The second-order valence-corrected chi connectivity index (χ2v) is 8.06. The molecule has 152 valence electrons. The average molecular weight is 394 g/mol. The molecule has 0 bridgehead atoms. The SMILES string of the molecule is Cc1nn(CC(=O)NC2CCCCCC2)c2nc(C3CC3)cc(C(F)(F)F)c12. The van der Waals surface area contributed by atoms with E-state index in [1.165, 1.54) is 24.4 Å². The van der Waals surface area contributed by atoms with Crippen LogP contribution in [0.15, 0.2) is 6.07 Å². The van der Waals surface area contributed by atoms with Crippen LogP contribution in [0.1, 0.15) is 74.2 Å². The lowest BCUT2D eigenvalue weighted by Gasteiger charge is -2.16. The van der Waals surface area contributed by atoms with E-state index in [1.54, 1.807) is 0 Å². The molecule has 5 nitrogen and oxygen atoms in total. The first kappa shape index (κ1) is 19.2. The number of carbonyl (C=O) groups is 1. The number of nitrogens with zero attached hydrogens (tertiary/aromatic N) is 3. The minimum Gasteiger partial charge on any atom is -0.352 e. The Hall–Kier alpha value is -2.12. The van der Waals surface area contributed by atoms with Crippen molar-refractivity contribution >= 4 is 16.9 Å². The molecule has 8 heteroatoms. The predicted molar refractivity (Wildman–Crippen MR) is 98.9 cm³/mol. The Balaban J connectivity index is 1.63. The lowest BCUT2D eigenvalue weighted by molar-refractivity contribution is -0.136. The monoisotopic (exact) mass is 394 g/mol. The van der Waals surface area contributed by atoms with Gasteiger partial charge in [0, 0.05) is 17.7 Å². The van der Waals surface area contributed by atoms with Crippen LogP contribution >= 0.6 is 0 Å². The van der Waals surface area contributed by atoms with Crippen LogP contribution in [-0.2, 0) is 17.5 Å². The van der Waals surface area contributed by atoms with Gasteiger partial charge >= 0.3 is 6.18 Å². The van der Waals surface area contributed by atoms with Crippen molar-refractivity contribution in [2.24, 2.45) is 0 Å². The topological polar surface area (TPSA) is 59.8 Å². The van der Waals surface area contributed by atoms with Crippen molar-refractivity contribution in [2.45, 2.75) is 83.0 Å². The van der Waals surface area contributed by atoms with Gasteiger partial charge in [-0.3, -0.25) is 4.79 Å². The van der Waals surface area contributed by atoms with Crippen molar-refractivity contribution in [2.75, 3.05) is 0 Å². The molecule has 2 aromatic rings. The Labute approximate surface area is 161 Å². The van der Waals surface area contributed by atoms with E-state index in [0.717, 1.165) is 44.6 Å². The zero-order chi connectivity index (χ0) is 19.9. The lowest BCUT2D eigenvalue weighted by atomic mass is 10.1. The van der Waals surface area contributed by atoms with Gasteiger partial charge in [-0.25, -0.2) is 9.67 Å². The number of rotatable bonds is 4. The third-order valence-corrected chi connectivity index (χ3v) is 5.71. The highest BCUT2D eigenvalue weighted by Crippen LogP contribution is 2.43. The van der Waals surface area contributed by atoms with Crippen LogP contribution in [0, 0.1) is 6.92 Å². The molecule has 2 saturated carbocycles. The second-order valence-electron chi connectivity index (χ2n) is 8.06. The quantitative estimate of drug-likeness (QED) is 0.778. The molecule has 2 aliphatic rings. The molecule has 28 heavy (non-hydrogen) atoms. The van der Waals surface area contributed by atoms with Crippen LogP contribution in [0.2, 0.25) is 0 Å². The summed E-state index contributed by atoms with van der Waals surface area (Å²) in [7, 11) is 0. The summed E-state index contributed by atoms with van der Waals surface area (Å²) in [6.07, 6.45) is 3.68. The molecular weight excluding hydrogens is 369 g/mol. The third kappa shape index (κ3) is 4.00. The molecule has 1 N–H and O–H groups in total. The number of pyridine rings is 1. The molecule has 1 amide bonds. The molecule has 0 unspecified atom stereocenters. The molecule has 0 radical (unpaired) electrons. The van der Waals surface area contributed by atoms with E-state index in [-0.39, 0.29) is 41.1 Å². The lowest BCUT2D eigenvalue weighted by Crippen LogP contribution is -2.36. The molecular formula is C20H25F3N4O. The minimum absolute atomic E-state index is 0.000772. The van der Waals surface area contributed by atoms with E-state index in [4.69, 9.17) is 0 Å². The smallest absolute Gasteiger partial charge is 0.352 e. The van der Waals surface area contributed by atoms with Crippen LogP contribution in [0.5, 0.6) is 0 Å². The molecule has 0 saturated heterocycles. The number of aromatic nitrogens is 3. The van der Waals surface area contributed by atoms with E-state index in [9.17, 15) is 18.0 Å². The number of halogens is 3. The average Bonchev–Trinajstić information content (AvgIpc) is 3.44. The van der Waals surface area contributed by atoms with Gasteiger partial charge in [0.25, 0.3) is 0 Å². The van der Waals surface area contributed by atoms with Gasteiger partial charge in [0.1, 0.15) is 6.54 Å². The highest BCUT2D eigenvalue weighted by atomic mass is 19.4. The Morgan fingerprint density at radius 1 is 1.18 bits per heavy atom. The number of aryl methyl sites for hydroxylation is 1.